The Morgan fingerprint density at radius 1 is 1.15 bits per heavy atom. The number of nitrogens with zero attached hydrogens (tertiary/aromatic N) is 5. The van der Waals surface area contributed by atoms with E-state index in [1.807, 2.05) is 21.9 Å². The van der Waals surface area contributed by atoms with Crippen molar-refractivity contribution in [3.63, 3.8) is 0 Å². The lowest BCUT2D eigenvalue weighted by atomic mass is 9.97. The molecule has 7 nitrogen and oxygen atoms in total. The van der Waals surface area contributed by atoms with Gasteiger partial charge in [-0.2, -0.15) is 4.98 Å². The van der Waals surface area contributed by atoms with Gasteiger partial charge < -0.3 is 19.6 Å². The summed E-state index contributed by atoms with van der Waals surface area (Å²) in [6.45, 7) is 3.44. The van der Waals surface area contributed by atoms with Crippen molar-refractivity contribution in [2.45, 2.75) is 12.5 Å². The van der Waals surface area contributed by atoms with Crippen LogP contribution < -0.4 is 9.80 Å². The summed E-state index contributed by atoms with van der Waals surface area (Å²) in [7, 11) is 0. The molecule has 26 heavy (non-hydrogen) atoms. The number of aliphatic hydroxyl groups excluding tert-OH is 1. The summed E-state index contributed by atoms with van der Waals surface area (Å²) in [5.41, 5.74) is 1.14. The molecule has 2 aromatic heterocycles. The predicted molar refractivity (Wildman–Crippen MR) is 94.7 cm³/mol. The lowest BCUT2D eigenvalue weighted by Crippen LogP contribution is -2.37. The van der Waals surface area contributed by atoms with Crippen molar-refractivity contribution in [3.8, 4) is 0 Å². The zero-order chi connectivity index (χ0) is 17.9. The fourth-order valence-electron chi connectivity index (χ4n) is 3.54. The average Bonchev–Trinajstić information content (AvgIpc) is 3.04. The van der Waals surface area contributed by atoms with Crippen molar-refractivity contribution in [1.29, 1.82) is 0 Å². The molecule has 0 amide bonds. The number of morpholine rings is 1. The molecule has 2 aromatic rings. The van der Waals surface area contributed by atoms with Gasteiger partial charge in [-0.05, 0) is 24.1 Å². The smallest absolute Gasteiger partial charge is 0.227 e. The second-order valence-corrected chi connectivity index (χ2v) is 6.73. The highest BCUT2D eigenvalue weighted by Crippen LogP contribution is 2.26. The number of rotatable bonds is 4. The van der Waals surface area contributed by atoms with Gasteiger partial charge in [-0.15, -0.1) is 0 Å². The third kappa shape index (κ3) is 3.61. The lowest BCUT2D eigenvalue weighted by molar-refractivity contribution is 0.122. The topological polar surface area (TPSA) is 74.6 Å². The number of halogens is 1. The van der Waals surface area contributed by atoms with Crippen LogP contribution in [0, 0.1) is 11.7 Å². The van der Waals surface area contributed by atoms with Crippen LogP contribution in [0.3, 0.4) is 0 Å². The van der Waals surface area contributed by atoms with E-state index in [-0.39, 0.29) is 5.92 Å². The van der Waals surface area contributed by atoms with E-state index in [1.54, 1.807) is 12.4 Å². The first-order chi connectivity index (χ1) is 12.7. The van der Waals surface area contributed by atoms with E-state index in [0.717, 1.165) is 12.0 Å². The van der Waals surface area contributed by atoms with E-state index in [9.17, 15) is 9.50 Å². The van der Waals surface area contributed by atoms with Gasteiger partial charge in [-0.25, -0.2) is 9.37 Å². The Labute approximate surface area is 151 Å². The maximum atomic E-state index is 14.2. The molecular formula is C18H22FN5O2. The molecule has 4 heterocycles. The van der Waals surface area contributed by atoms with Gasteiger partial charge in [0, 0.05) is 44.5 Å². The molecule has 1 N–H and O–H groups in total. The standard InChI is InChI=1S/C18H22FN5O2/c19-15-10-21-18(22-17(15)23-5-7-26-8-6-23)24-11-14(16(25)12-24)9-13-1-3-20-4-2-13/h1-4,10,14,16,25H,5-9,11-12H2/t14-,16+/m1/s1. The van der Waals surface area contributed by atoms with Gasteiger partial charge in [-0.3, -0.25) is 4.98 Å². The maximum Gasteiger partial charge on any atom is 0.227 e. The van der Waals surface area contributed by atoms with Crippen LogP contribution >= 0.6 is 0 Å². The fourth-order valence-corrected chi connectivity index (χ4v) is 3.54. The zero-order valence-corrected chi connectivity index (χ0v) is 14.5. The molecular weight excluding hydrogens is 337 g/mol. The van der Waals surface area contributed by atoms with Gasteiger partial charge in [0.15, 0.2) is 11.6 Å². The first kappa shape index (κ1) is 17.1. The van der Waals surface area contributed by atoms with E-state index >= 15 is 0 Å². The van der Waals surface area contributed by atoms with Crippen LogP contribution in [0.4, 0.5) is 16.2 Å². The van der Waals surface area contributed by atoms with E-state index in [1.165, 1.54) is 6.20 Å². The van der Waals surface area contributed by atoms with E-state index in [0.29, 0.717) is 51.2 Å². The molecule has 0 aromatic carbocycles. The first-order valence-corrected chi connectivity index (χ1v) is 8.88. The molecule has 2 aliphatic rings. The van der Waals surface area contributed by atoms with Gasteiger partial charge in [0.25, 0.3) is 0 Å². The second-order valence-electron chi connectivity index (χ2n) is 6.73. The third-order valence-electron chi connectivity index (χ3n) is 4.96. The molecule has 0 unspecified atom stereocenters. The fraction of sp³-hybridized carbons (Fsp3) is 0.500. The normalized spacial score (nSPS) is 23.5. The molecule has 0 spiro atoms. The molecule has 0 aliphatic carbocycles. The van der Waals surface area contributed by atoms with Crippen LogP contribution in [0.2, 0.25) is 0 Å². The minimum atomic E-state index is -0.469. The van der Waals surface area contributed by atoms with E-state index < -0.39 is 11.9 Å². The van der Waals surface area contributed by atoms with Gasteiger partial charge >= 0.3 is 0 Å². The van der Waals surface area contributed by atoms with Crippen molar-refractivity contribution < 1.29 is 14.2 Å². The van der Waals surface area contributed by atoms with Crippen LogP contribution in [0.25, 0.3) is 0 Å². The highest BCUT2D eigenvalue weighted by Gasteiger charge is 2.33. The number of aliphatic hydroxyl groups is 1. The lowest BCUT2D eigenvalue weighted by Gasteiger charge is -2.28. The van der Waals surface area contributed by atoms with Crippen LogP contribution in [0.15, 0.2) is 30.7 Å². The monoisotopic (exact) mass is 359 g/mol. The Morgan fingerprint density at radius 3 is 2.69 bits per heavy atom. The summed E-state index contributed by atoms with van der Waals surface area (Å²) in [5.74, 6) is 0.427. The minimum Gasteiger partial charge on any atom is -0.391 e. The Morgan fingerprint density at radius 2 is 1.92 bits per heavy atom. The quantitative estimate of drug-likeness (QED) is 0.869. The molecule has 0 bridgehead atoms. The van der Waals surface area contributed by atoms with Gasteiger partial charge in [0.2, 0.25) is 5.95 Å². The van der Waals surface area contributed by atoms with Crippen molar-refractivity contribution in [1.82, 2.24) is 15.0 Å². The number of anilines is 2. The van der Waals surface area contributed by atoms with Crippen molar-refractivity contribution in [2.75, 3.05) is 49.2 Å². The van der Waals surface area contributed by atoms with Gasteiger partial charge in [0.1, 0.15) is 0 Å². The molecule has 2 saturated heterocycles. The number of pyridine rings is 1. The molecule has 2 atom stereocenters. The van der Waals surface area contributed by atoms with Gasteiger partial charge in [0.05, 0.1) is 25.5 Å². The average molecular weight is 359 g/mol. The molecule has 2 fully saturated rings. The van der Waals surface area contributed by atoms with Gasteiger partial charge in [-0.1, -0.05) is 0 Å². The number of aromatic nitrogens is 3. The summed E-state index contributed by atoms with van der Waals surface area (Å²) >= 11 is 0. The zero-order valence-electron chi connectivity index (χ0n) is 14.5. The molecule has 2 aliphatic heterocycles. The molecule has 0 radical (unpaired) electrons. The van der Waals surface area contributed by atoms with Crippen LogP contribution in [0.1, 0.15) is 5.56 Å². The summed E-state index contributed by atoms with van der Waals surface area (Å²) < 4.78 is 19.5. The first-order valence-electron chi connectivity index (χ1n) is 8.88. The highest BCUT2D eigenvalue weighted by molar-refractivity contribution is 5.46. The van der Waals surface area contributed by atoms with Crippen LogP contribution in [0.5, 0.6) is 0 Å². The third-order valence-corrected chi connectivity index (χ3v) is 4.96. The largest absolute Gasteiger partial charge is 0.391 e. The number of β-amino-alcohol motifs (C(OH)–C–C–N with tert-alkyl or cyclic N) is 1. The Bertz CT molecular complexity index is 742. The molecule has 138 valence electrons. The highest BCUT2D eigenvalue weighted by atomic mass is 19.1. The number of hydrogen-bond donors (Lipinski definition) is 1. The molecule has 8 heteroatoms. The predicted octanol–water partition coefficient (Wildman–Crippen LogP) is 0.887. The van der Waals surface area contributed by atoms with E-state index in [4.69, 9.17) is 4.74 Å². The Balaban J connectivity index is 1.49. The van der Waals surface area contributed by atoms with Crippen molar-refractivity contribution in [3.05, 3.63) is 42.1 Å². The second kappa shape index (κ2) is 7.51. The van der Waals surface area contributed by atoms with E-state index in [2.05, 4.69) is 15.0 Å². The Hall–Kier alpha value is -2.32. The van der Waals surface area contributed by atoms with Crippen LogP contribution in [-0.4, -0.2) is 65.6 Å². The maximum absolute atomic E-state index is 14.2. The van der Waals surface area contributed by atoms with Crippen molar-refractivity contribution >= 4 is 11.8 Å². The summed E-state index contributed by atoms with van der Waals surface area (Å²) in [5, 5.41) is 10.4. The number of hydrogen-bond acceptors (Lipinski definition) is 7. The van der Waals surface area contributed by atoms with Crippen LogP contribution in [-0.2, 0) is 11.2 Å². The summed E-state index contributed by atoms with van der Waals surface area (Å²) in [4.78, 5) is 16.4. The Kier molecular flexibility index (Phi) is 4.94. The molecule has 0 saturated carbocycles. The van der Waals surface area contributed by atoms with Crippen molar-refractivity contribution in [2.24, 2.45) is 5.92 Å². The SMILES string of the molecule is O[C@H]1CN(c2ncc(F)c(N3CCOCC3)n2)C[C@H]1Cc1ccncc1. The molecule has 4 rings (SSSR count). The summed E-state index contributed by atoms with van der Waals surface area (Å²) in [6.07, 6.45) is 5.02. The number of ether oxygens (including phenoxy) is 1. The minimum absolute atomic E-state index is 0.0814. The summed E-state index contributed by atoms with van der Waals surface area (Å²) in [6, 6.07) is 3.92.